The number of hydrogen-bond donors (Lipinski definition) is 2. The molecular weight excluding hydrogens is 489 g/mol. The van der Waals surface area contributed by atoms with E-state index in [0.29, 0.717) is 0 Å². The van der Waals surface area contributed by atoms with Gasteiger partial charge in [-0.05, 0) is 30.5 Å². The van der Waals surface area contributed by atoms with Crippen molar-refractivity contribution in [3.8, 4) is 0 Å². The highest BCUT2D eigenvalue weighted by Gasteiger charge is 2.16. The van der Waals surface area contributed by atoms with Crippen LogP contribution in [-0.4, -0.2) is 75.3 Å². The number of nitrogens with zero attached hydrogens (tertiary/aromatic N) is 3. The maximum atomic E-state index is 5.61. The normalized spacial score (nSPS) is 15.6. The van der Waals surface area contributed by atoms with Gasteiger partial charge in [0, 0.05) is 66.1 Å². The molecule has 0 unspecified atom stereocenters. The Bertz CT molecular complexity index is 591. The summed E-state index contributed by atoms with van der Waals surface area (Å²) >= 11 is 0. The van der Waals surface area contributed by atoms with Gasteiger partial charge in [-0.3, -0.25) is 9.89 Å². The lowest BCUT2D eigenvalue weighted by Gasteiger charge is -2.34. The van der Waals surface area contributed by atoms with Crippen LogP contribution in [-0.2, 0) is 17.8 Å². The van der Waals surface area contributed by atoms with Crippen molar-refractivity contribution in [1.82, 2.24) is 20.4 Å². The molecule has 1 aliphatic rings. The summed E-state index contributed by atoms with van der Waals surface area (Å²) < 4.78 is 5.61. The third-order valence-electron chi connectivity index (χ3n) is 5.49. The molecule has 0 atom stereocenters. The number of rotatable bonds is 12. The Morgan fingerprint density at radius 1 is 0.967 bits per heavy atom. The summed E-state index contributed by atoms with van der Waals surface area (Å²) in [7, 11) is 1.83. The van der Waals surface area contributed by atoms with Crippen LogP contribution in [0.4, 0.5) is 0 Å². The number of ether oxygens (including phenoxy) is 1. The summed E-state index contributed by atoms with van der Waals surface area (Å²) in [5, 5.41) is 6.85. The molecule has 1 aromatic rings. The molecule has 6 nitrogen and oxygen atoms in total. The van der Waals surface area contributed by atoms with Crippen molar-refractivity contribution in [2.45, 2.75) is 46.2 Å². The van der Waals surface area contributed by atoms with Crippen LogP contribution >= 0.6 is 24.0 Å². The minimum Gasteiger partial charge on any atom is -0.381 e. The third-order valence-corrected chi connectivity index (χ3v) is 5.49. The zero-order valence-corrected chi connectivity index (χ0v) is 21.5. The molecule has 0 amide bonds. The molecule has 0 spiro atoms. The molecule has 172 valence electrons. The summed E-state index contributed by atoms with van der Waals surface area (Å²) in [6.45, 7) is 14.6. The average Bonchev–Trinajstić information content (AvgIpc) is 2.76. The Labute approximate surface area is 200 Å². The Balaban J connectivity index is 0.00000450. The van der Waals surface area contributed by atoms with E-state index in [0.717, 1.165) is 71.3 Å². The number of piperazine rings is 1. The van der Waals surface area contributed by atoms with Crippen molar-refractivity contribution in [3.63, 3.8) is 0 Å². The molecule has 0 radical (unpaired) electrons. The number of halogens is 1. The zero-order valence-electron chi connectivity index (χ0n) is 19.2. The van der Waals surface area contributed by atoms with E-state index >= 15 is 0 Å². The number of benzene rings is 1. The van der Waals surface area contributed by atoms with Crippen LogP contribution in [0.25, 0.3) is 0 Å². The molecule has 1 aromatic carbocycles. The highest BCUT2D eigenvalue weighted by Crippen LogP contribution is 2.13. The summed E-state index contributed by atoms with van der Waals surface area (Å²) in [6, 6.07) is 8.75. The number of aliphatic imine (C=N–C) groups is 1. The van der Waals surface area contributed by atoms with E-state index in [1.165, 1.54) is 30.6 Å². The van der Waals surface area contributed by atoms with E-state index in [1.54, 1.807) is 0 Å². The topological polar surface area (TPSA) is 52.1 Å². The van der Waals surface area contributed by atoms with Crippen LogP contribution < -0.4 is 10.6 Å². The first kappa shape index (κ1) is 27.1. The van der Waals surface area contributed by atoms with E-state index in [-0.39, 0.29) is 24.0 Å². The largest absolute Gasteiger partial charge is 0.381 e. The second-order valence-corrected chi connectivity index (χ2v) is 7.65. The molecule has 1 heterocycles. The second-order valence-electron chi connectivity index (χ2n) is 7.65. The van der Waals surface area contributed by atoms with Crippen molar-refractivity contribution in [3.05, 3.63) is 35.4 Å². The molecule has 0 aliphatic carbocycles. The van der Waals surface area contributed by atoms with Crippen molar-refractivity contribution in [1.29, 1.82) is 0 Å². The number of unbranched alkanes of at least 4 members (excludes halogenated alkanes) is 1. The minimum absolute atomic E-state index is 0. The lowest BCUT2D eigenvalue weighted by atomic mass is 10.1. The van der Waals surface area contributed by atoms with Gasteiger partial charge in [-0.1, -0.05) is 44.5 Å². The summed E-state index contributed by atoms with van der Waals surface area (Å²) in [5.41, 5.74) is 2.75. The van der Waals surface area contributed by atoms with Gasteiger partial charge in [0.15, 0.2) is 5.96 Å². The van der Waals surface area contributed by atoms with Crippen molar-refractivity contribution in [2.24, 2.45) is 4.99 Å². The highest BCUT2D eigenvalue weighted by molar-refractivity contribution is 14.0. The van der Waals surface area contributed by atoms with Crippen molar-refractivity contribution < 1.29 is 4.74 Å². The van der Waals surface area contributed by atoms with Gasteiger partial charge < -0.3 is 20.3 Å². The first-order valence-corrected chi connectivity index (χ1v) is 11.3. The van der Waals surface area contributed by atoms with Gasteiger partial charge in [-0.25, -0.2) is 0 Å². The Morgan fingerprint density at radius 2 is 1.63 bits per heavy atom. The minimum atomic E-state index is 0. The van der Waals surface area contributed by atoms with Crippen LogP contribution in [0.15, 0.2) is 29.3 Å². The van der Waals surface area contributed by atoms with E-state index in [4.69, 9.17) is 4.74 Å². The van der Waals surface area contributed by atoms with Crippen LogP contribution in [0, 0.1) is 0 Å². The molecule has 0 saturated carbocycles. The third kappa shape index (κ3) is 10.4. The molecule has 0 bridgehead atoms. The average molecular weight is 532 g/mol. The summed E-state index contributed by atoms with van der Waals surface area (Å²) in [5.74, 6) is 0.852. The monoisotopic (exact) mass is 531 g/mol. The van der Waals surface area contributed by atoms with Crippen molar-refractivity contribution in [2.75, 3.05) is 59.5 Å². The fraction of sp³-hybridized carbons (Fsp3) is 0.696. The van der Waals surface area contributed by atoms with Crippen molar-refractivity contribution >= 4 is 29.9 Å². The Kier molecular flexibility index (Phi) is 15.2. The molecule has 1 saturated heterocycles. The highest BCUT2D eigenvalue weighted by atomic mass is 127. The van der Waals surface area contributed by atoms with Gasteiger partial charge in [-0.2, -0.15) is 0 Å². The molecule has 7 heteroatoms. The first-order valence-electron chi connectivity index (χ1n) is 11.3. The molecule has 2 rings (SSSR count). The quantitative estimate of drug-likeness (QED) is 0.188. The van der Waals surface area contributed by atoms with Gasteiger partial charge in [0.1, 0.15) is 0 Å². The lowest BCUT2D eigenvalue weighted by Crippen LogP contribution is -2.45. The number of likely N-dealkylation sites (N-methyl/N-ethyl adjacent to an activating group) is 1. The van der Waals surface area contributed by atoms with E-state index in [2.05, 4.69) is 63.5 Å². The molecule has 30 heavy (non-hydrogen) atoms. The Morgan fingerprint density at radius 3 is 2.30 bits per heavy atom. The van der Waals surface area contributed by atoms with Crippen LogP contribution in [0.3, 0.4) is 0 Å². The van der Waals surface area contributed by atoms with Crippen LogP contribution in [0.5, 0.6) is 0 Å². The fourth-order valence-corrected chi connectivity index (χ4v) is 3.52. The Hall–Kier alpha value is -0.900. The summed E-state index contributed by atoms with van der Waals surface area (Å²) in [4.78, 5) is 9.44. The second kappa shape index (κ2) is 16.8. The molecule has 0 aromatic heterocycles. The first-order chi connectivity index (χ1) is 14.3. The molecule has 2 N–H and O–H groups in total. The van der Waals surface area contributed by atoms with Crippen LogP contribution in [0.2, 0.25) is 0 Å². The van der Waals surface area contributed by atoms with E-state index in [9.17, 15) is 0 Å². The molecular formula is C23H42IN5O. The number of guanidine groups is 1. The van der Waals surface area contributed by atoms with Gasteiger partial charge in [-0.15, -0.1) is 24.0 Å². The zero-order chi connectivity index (χ0) is 20.7. The van der Waals surface area contributed by atoms with Gasteiger partial charge in [0.2, 0.25) is 0 Å². The number of nitrogens with one attached hydrogen (secondary N) is 2. The molecule has 1 fully saturated rings. The standard InChI is InChI=1S/C23H41N5O.HI/c1-4-6-17-29-18-9-12-25-23(24-3)26-19-21-10-7-8-11-22(21)20-28-15-13-27(5-2)14-16-28;/h7-8,10-11H,4-6,9,12-20H2,1-3H3,(H2,24,25,26);1H. The predicted octanol–water partition coefficient (Wildman–Crippen LogP) is 3.31. The van der Waals surface area contributed by atoms with Gasteiger partial charge in [0.05, 0.1) is 0 Å². The molecule has 1 aliphatic heterocycles. The lowest BCUT2D eigenvalue weighted by molar-refractivity contribution is 0.129. The van der Waals surface area contributed by atoms with E-state index < -0.39 is 0 Å². The SMILES string of the molecule is CCCCOCCCNC(=NC)NCc1ccccc1CN1CCN(CC)CC1.I. The predicted molar refractivity (Wildman–Crippen MR) is 138 cm³/mol. The fourth-order valence-electron chi connectivity index (χ4n) is 3.52. The smallest absolute Gasteiger partial charge is 0.191 e. The maximum absolute atomic E-state index is 5.61. The maximum Gasteiger partial charge on any atom is 0.191 e. The summed E-state index contributed by atoms with van der Waals surface area (Å²) in [6.07, 6.45) is 3.32. The number of hydrogen-bond acceptors (Lipinski definition) is 4. The van der Waals surface area contributed by atoms with Gasteiger partial charge in [0.25, 0.3) is 0 Å². The van der Waals surface area contributed by atoms with E-state index in [1.807, 2.05) is 7.05 Å². The van der Waals surface area contributed by atoms with Gasteiger partial charge >= 0.3 is 0 Å². The van der Waals surface area contributed by atoms with Crippen LogP contribution in [0.1, 0.15) is 44.2 Å².